The van der Waals surface area contributed by atoms with Crippen LogP contribution in [0.25, 0.3) is 33.2 Å². The van der Waals surface area contributed by atoms with Crippen molar-refractivity contribution in [1.29, 1.82) is 0 Å². The zero-order valence-corrected chi connectivity index (χ0v) is 14.5. The van der Waals surface area contributed by atoms with Crippen LogP contribution < -0.4 is 5.43 Å². The van der Waals surface area contributed by atoms with E-state index < -0.39 is 11.7 Å². The summed E-state index contributed by atoms with van der Waals surface area (Å²) in [7, 11) is 0. The van der Waals surface area contributed by atoms with Crippen molar-refractivity contribution in [3.8, 4) is 11.3 Å². The molecule has 0 amide bonds. The number of H-pyrrole nitrogens is 1. The van der Waals surface area contributed by atoms with Gasteiger partial charge in [0.2, 0.25) is 0 Å². The molecule has 4 nitrogen and oxygen atoms in total. The van der Waals surface area contributed by atoms with Gasteiger partial charge in [0, 0.05) is 17.3 Å². The number of halogens is 3. The SMILES string of the molecule is Cc1nc2ccc3nc(-c4cccc(C(F)(F)F)c4)cc(=O)c3c2[nH]c1C. The Morgan fingerprint density at radius 2 is 1.70 bits per heavy atom. The summed E-state index contributed by atoms with van der Waals surface area (Å²) in [5, 5.41) is 0.374. The zero-order chi connectivity index (χ0) is 19.3. The molecule has 27 heavy (non-hydrogen) atoms. The van der Waals surface area contributed by atoms with Gasteiger partial charge in [-0.05, 0) is 38.1 Å². The van der Waals surface area contributed by atoms with E-state index in [2.05, 4.69) is 15.0 Å². The van der Waals surface area contributed by atoms with Crippen LogP contribution in [0.4, 0.5) is 13.2 Å². The van der Waals surface area contributed by atoms with Crippen molar-refractivity contribution < 1.29 is 13.2 Å². The molecule has 0 aliphatic carbocycles. The molecule has 2 heterocycles. The van der Waals surface area contributed by atoms with Crippen LogP contribution in [0.5, 0.6) is 0 Å². The highest BCUT2D eigenvalue weighted by Gasteiger charge is 2.30. The number of hydrogen-bond acceptors (Lipinski definition) is 3. The molecule has 0 fully saturated rings. The Balaban J connectivity index is 1.97. The Morgan fingerprint density at radius 3 is 2.44 bits per heavy atom. The van der Waals surface area contributed by atoms with Gasteiger partial charge in [0.05, 0.1) is 38.9 Å². The molecule has 0 saturated carbocycles. The van der Waals surface area contributed by atoms with Gasteiger partial charge in [-0.2, -0.15) is 13.2 Å². The molecule has 0 unspecified atom stereocenters. The van der Waals surface area contributed by atoms with Crippen LogP contribution in [0.2, 0.25) is 0 Å². The molecule has 0 aliphatic heterocycles. The highest BCUT2D eigenvalue weighted by atomic mass is 19.4. The molecule has 136 valence electrons. The van der Waals surface area contributed by atoms with Gasteiger partial charge in [-0.25, -0.2) is 9.97 Å². The van der Waals surface area contributed by atoms with Gasteiger partial charge in [0.25, 0.3) is 0 Å². The number of nitrogens with zero attached hydrogens (tertiary/aromatic N) is 2. The fraction of sp³-hybridized carbons (Fsp3) is 0.150. The maximum absolute atomic E-state index is 13.0. The average molecular weight is 369 g/mol. The molecule has 2 aromatic carbocycles. The molecule has 7 heteroatoms. The minimum Gasteiger partial charge on any atom is -0.355 e. The third-order valence-corrected chi connectivity index (χ3v) is 4.55. The van der Waals surface area contributed by atoms with Crippen LogP contribution in [0.1, 0.15) is 17.0 Å². The molecular weight excluding hydrogens is 355 g/mol. The van der Waals surface area contributed by atoms with E-state index in [0.717, 1.165) is 23.5 Å². The summed E-state index contributed by atoms with van der Waals surface area (Å²) in [5.74, 6) is 0. The van der Waals surface area contributed by atoms with Gasteiger partial charge < -0.3 is 4.98 Å². The first kappa shape index (κ1) is 17.2. The maximum Gasteiger partial charge on any atom is 0.416 e. The quantitative estimate of drug-likeness (QED) is 0.492. The third kappa shape index (κ3) is 2.95. The van der Waals surface area contributed by atoms with E-state index in [1.54, 1.807) is 12.1 Å². The second-order valence-corrected chi connectivity index (χ2v) is 6.39. The van der Waals surface area contributed by atoms with Gasteiger partial charge >= 0.3 is 6.18 Å². The molecule has 4 rings (SSSR count). The summed E-state index contributed by atoms with van der Waals surface area (Å²) in [6.45, 7) is 3.72. The number of aryl methyl sites for hydroxylation is 2. The first-order valence-corrected chi connectivity index (χ1v) is 8.22. The summed E-state index contributed by atoms with van der Waals surface area (Å²) in [5.41, 5.74) is 2.61. The van der Waals surface area contributed by atoms with Crippen molar-refractivity contribution in [2.45, 2.75) is 20.0 Å². The van der Waals surface area contributed by atoms with Crippen LogP contribution in [-0.4, -0.2) is 15.0 Å². The van der Waals surface area contributed by atoms with Crippen LogP contribution >= 0.6 is 0 Å². The topological polar surface area (TPSA) is 58.6 Å². The number of aromatic amines is 1. The summed E-state index contributed by atoms with van der Waals surface area (Å²) in [6.07, 6.45) is -4.46. The lowest BCUT2D eigenvalue weighted by atomic mass is 10.1. The fourth-order valence-electron chi connectivity index (χ4n) is 3.05. The van der Waals surface area contributed by atoms with E-state index in [-0.39, 0.29) is 16.7 Å². The predicted octanol–water partition coefficient (Wildman–Crippen LogP) is 4.77. The number of pyridine rings is 1. The molecule has 0 radical (unpaired) electrons. The van der Waals surface area contributed by atoms with Crippen molar-refractivity contribution in [2.75, 3.05) is 0 Å². The normalized spacial score (nSPS) is 12.0. The summed E-state index contributed by atoms with van der Waals surface area (Å²) in [4.78, 5) is 24.8. The van der Waals surface area contributed by atoms with Gasteiger partial charge in [-0.15, -0.1) is 0 Å². The number of nitrogens with one attached hydrogen (secondary N) is 1. The van der Waals surface area contributed by atoms with E-state index in [0.29, 0.717) is 21.9 Å². The highest BCUT2D eigenvalue weighted by molar-refractivity contribution is 6.02. The minimum atomic E-state index is -4.46. The van der Waals surface area contributed by atoms with Gasteiger partial charge in [0.1, 0.15) is 0 Å². The molecule has 2 aromatic heterocycles. The monoisotopic (exact) mass is 369 g/mol. The third-order valence-electron chi connectivity index (χ3n) is 4.55. The Kier molecular flexibility index (Phi) is 3.76. The van der Waals surface area contributed by atoms with Crippen molar-refractivity contribution in [2.24, 2.45) is 0 Å². The number of alkyl halides is 3. The second-order valence-electron chi connectivity index (χ2n) is 6.39. The molecule has 0 atom stereocenters. The van der Waals surface area contributed by atoms with Gasteiger partial charge in [0.15, 0.2) is 5.43 Å². The van der Waals surface area contributed by atoms with E-state index in [1.807, 2.05) is 13.8 Å². The molecule has 0 saturated heterocycles. The number of benzene rings is 2. The lowest BCUT2D eigenvalue weighted by molar-refractivity contribution is -0.137. The van der Waals surface area contributed by atoms with Gasteiger partial charge in [-0.3, -0.25) is 4.79 Å². The van der Waals surface area contributed by atoms with Crippen molar-refractivity contribution in [3.05, 3.63) is 69.6 Å². The average Bonchev–Trinajstić information content (AvgIpc) is 2.62. The number of hydrogen-bond donors (Lipinski definition) is 1. The Labute approximate surface area is 151 Å². The molecular formula is C20H14F3N3O. The van der Waals surface area contributed by atoms with Gasteiger partial charge in [-0.1, -0.05) is 12.1 Å². The predicted molar refractivity (Wildman–Crippen MR) is 97.6 cm³/mol. The zero-order valence-electron chi connectivity index (χ0n) is 14.5. The van der Waals surface area contributed by atoms with E-state index in [9.17, 15) is 18.0 Å². The Morgan fingerprint density at radius 1 is 0.963 bits per heavy atom. The fourth-order valence-corrected chi connectivity index (χ4v) is 3.05. The molecule has 1 N–H and O–H groups in total. The summed E-state index contributed by atoms with van der Waals surface area (Å²) < 4.78 is 38.9. The van der Waals surface area contributed by atoms with E-state index in [1.165, 1.54) is 18.2 Å². The second kappa shape index (κ2) is 5.90. The lowest BCUT2D eigenvalue weighted by Gasteiger charge is -2.10. The maximum atomic E-state index is 13.0. The smallest absolute Gasteiger partial charge is 0.355 e. The van der Waals surface area contributed by atoms with Crippen molar-refractivity contribution in [3.63, 3.8) is 0 Å². The standard InChI is InChI=1S/C20H14F3N3O/c1-10-11(2)25-19-15(24-10)7-6-14-18(19)17(27)9-16(26-14)12-4-3-5-13(8-12)20(21,22)23/h3-9,25H,1-2H3. The molecule has 0 aliphatic rings. The highest BCUT2D eigenvalue weighted by Crippen LogP contribution is 2.32. The largest absolute Gasteiger partial charge is 0.416 e. The number of aromatic nitrogens is 3. The number of fused-ring (bicyclic) bond motifs is 3. The van der Waals surface area contributed by atoms with Crippen LogP contribution in [-0.2, 0) is 6.18 Å². The first-order valence-electron chi connectivity index (χ1n) is 8.22. The summed E-state index contributed by atoms with van der Waals surface area (Å²) in [6, 6.07) is 9.45. The lowest BCUT2D eigenvalue weighted by Crippen LogP contribution is -2.07. The molecule has 0 spiro atoms. The van der Waals surface area contributed by atoms with Crippen molar-refractivity contribution in [1.82, 2.24) is 15.0 Å². The van der Waals surface area contributed by atoms with Crippen LogP contribution in [0.15, 0.2) is 47.3 Å². The molecule has 4 aromatic rings. The molecule has 0 bridgehead atoms. The first-order chi connectivity index (χ1) is 12.7. The van der Waals surface area contributed by atoms with Crippen molar-refractivity contribution >= 4 is 21.9 Å². The number of rotatable bonds is 1. The van der Waals surface area contributed by atoms with E-state index >= 15 is 0 Å². The summed E-state index contributed by atoms with van der Waals surface area (Å²) >= 11 is 0. The minimum absolute atomic E-state index is 0.203. The van der Waals surface area contributed by atoms with E-state index in [4.69, 9.17) is 0 Å². The van der Waals surface area contributed by atoms with Crippen LogP contribution in [0.3, 0.4) is 0 Å². The Hall–Kier alpha value is -3.22. The van der Waals surface area contributed by atoms with Crippen LogP contribution in [0, 0.1) is 13.8 Å². The Bertz CT molecular complexity index is 1260.